The summed E-state index contributed by atoms with van der Waals surface area (Å²) >= 11 is 1.57. The molecule has 0 spiro atoms. The Balaban J connectivity index is 1.55. The lowest BCUT2D eigenvalue weighted by molar-refractivity contribution is -0.130. The van der Waals surface area contributed by atoms with Crippen LogP contribution in [0.3, 0.4) is 0 Å². The largest absolute Gasteiger partial charge is 0.496 e. The Morgan fingerprint density at radius 2 is 1.97 bits per heavy atom. The molecule has 8 heteroatoms. The van der Waals surface area contributed by atoms with Gasteiger partial charge in [0.25, 0.3) is 11.5 Å². The van der Waals surface area contributed by atoms with Crippen LogP contribution in [0.15, 0.2) is 52.0 Å². The Labute approximate surface area is 196 Å². The molecule has 2 amide bonds. The van der Waals surface area contributed by atoms with Crippen molar-refractivity contribution in [2.75, 3.05) is 20.2 Å². The fourth-order valence-corrected chi connectivity index (χ4v) is 4.85. The van der Waals surface area contributed by atoms with Crippen molar-refractivity contribution in [1.29, 1.82) is 0 Å². The van der Waals surface area contributed by atoms with E-state index in [2.05, 4.69) is 5.32 Å². The number of nitrogens with one attached hydrogen (secondary N) is 1. The molecular weight excluding hydrogens is 438 g/mol. The van der Waals surface area contributed by atoms with E-state index in [1.54, 1.807) is 20.8 Å². The van der Waals surface area contributed by atoms with Gasteiger partial charge in [-0.15, -0.1) is 0 Å². The molecule has 2 aromatic heterocycles. The monoisotopic (exact) mass is 465 g/mol. The van der Waals surface area contributed by atoms with Crippen molar-refractivity contribution >= 4 is 23.2 Å². The second-order valence-electron chi connectivity index (χ2n) is 8.14. The quantitative estimate of drug-likeness (QED) is 0.607. The minimum Gasteiger partial charge on any atom is -0.496 e. The molecule has 1 aliphatic heterocycles. The number of aryl methyl sites for hydroxylation is 1. The molecule has 3 aromatic rings. The van der Waals surface area contributed by atoms with E-state index in [0.29, 0.717) is 50.3 Å². The van der Waals surface area contributed by atoms with E-state index in [1.807, 2.05) is 48.0 Å². The maximum Gasteiger partial charge on any atom is 0.257 e. The minimum atomic E-state index is -0.290. The number of nitrogens with zero attached hydrogens (tertiary/aromatic N) is 2. The average molecular weight is 466 g/mol. The van der Waals surface area contributed by atoms with E-state index in [1.165, 1.54) is 13.2 Å². The third-order valence-electron chi connectivity index (χ3n) is 5.86. The summed E-state index contributed by atoms with van der Waals surface area (Å²) in [6.07, 6.45) is 0.706. The Hall–Kier alpha value is -3.39. The van der Waals surface area contributed by atoms with Gasteiger partial charge in [-0.1, -0.05) is 29.8 Å². The first-order valence-corrected chi connectivity index (χ1v) is 11.8. The first-order chi connectivity index (χ1) is 16.0. The molecule has 0 atom stereocenters. The number of thiophene rings is 1. The molecule has 0 aliphatic carbocycles. The van der Waals surface area contributed by atoms with Crippen molar-refractivity contribution in [3.05, 3.63) is 85.5 Å². The summed E-state index contributed by atoms with van der Waals surface area (Å²) in [5, 5.41) is 6.86. The van der Waals surface area contributed by atoms with Gasteiger partial charge in [0.05, 0.1) is 13.5 Å². The molecule has 1 N–H and O–H groups in total. The maximum atomic E-state index is 13.1. The number of benzene rings is 1. The molecule has 0 saturated carbocycles. The molecule has 0 fully saturated rings. The number of carbonyl (C=O) groups excluding carboxylic acids is 2. The molecule has 7 nitrogen and oxygen atoms in total. The van der Waals surface area contributed by atoms with Crippen LogP contribution in [-0.4, -0.2) is 41.5 Å². The van der Waals surface area contributed by atoms with Gasteiger partial charge in [0.2, 0.25) is 5.91 Å². The second kappa shape index (κ2) is 10.0. The molecule has 3 heterocycles. The number of ether oxygens (including phenoxy) is 1. The van der Waals surface area contributed by atoms with Gasteiger partial charge in [-0.2, -0.15) is 11.3 Å². The topological polar surface area (TPSA) is 80.6 Å². The number of amides is 2. The molecule has 0 saturated heterocycles. The summed E-state index contributed by atoms with van der Waals surface area (Å²) in [7, 11) is 1.45. The van der Waals surface area contributed by atoms with Crippen LogP contribution >= 0.6 is 11.3 Å². The molecule has 172 valence electrons. The highest BCUT2D eigenvalue weighted by Crippen LogP contribution is 2.23. The van der Waals surface area contributed by atoms with E-state index in [0.717, 1.165) is 16.7 Å². The summed E-state index contributed by atoms with van der Waals surface area (Å²) < 4.78 is 7.00. The van der Waals surface area contributed by atoms with Crippen molar-refractivity contribution in [3.63, 3.8) is 0 Å². The highest BCUT2D eigenvalue weighted by atomic mass is 32.1. The Bertz CT molecular complexity index is 1220. The highest BCUT2D eigenvalue weighted by molar-refractivity contribution is 7.07. The molecule has 1 aliphatic rings. The van der Waals surface area contributed by atoms with Gasteiger partial charge >= 0.3 is 0 Å². The maximum absolute atomic E-state index is 13.1. The van der Waals surface area contributed by atoms with Crippen molar-refractivity contribution in [2.24, 2.45) is 0 Å². The zero-order chi connectivity index (χ0) is 23.4. The lowest BCUT2D eigenvalue weighted by Gasteiger charge is -2.20. The Morgan fingerprint density at radius 1 is 1.12 bits per heavy atom. The normalized spacial score (nSPS) is 13.2. The summed E-state index contributed by atoms with van der Waals surface area (Å²) in [6.45, 7) is 3.58. The van der Waals surface area contributed by atoms with Gasteiger partial charge in [-0.25, -0.2) is 0 Å². The van der Waals surface area contributed by atoms with Crippen LogP contribution in [0.4, 0.5) is 0 Å². The lowest BCUT2D eigenvalue weighted by atomic mass is 10.1. The molecule has 4 rings (SSSR count). The summed E-state index contributed by atoms with van der Waals surface area (Å²) in [5.41, 5.74) is 3.83. The summed E-state index contributed by atoms with van der Waals surface area (Å²) in [6, 6.07) is 11.2. The van der Waals surface area contributed by atoms with Gasteiger partial charge in [0, 0.05) is 44.4 Å². The molecular formula is C25H27N3O4S. The van der Waals surface area contributed by atoms with Crippen LogP contribution in [0.2, 0.25) is 0 Å². The number of rotatable bonds is 6. The average Bonchev–Trinajstić information content (AvgIpc) is 3.22. The Kier molecular flexibility index (Phi) is 6.93. The van der Waals surface area contributed by atoms with Crippen LogP contribution in [0.25, 0.3) is 0 Å². The number of fused-ring (bicyclic) bond motifs is 1. The van der Waals surface area contributed by atoms with Crippen LogP contribution in [0.5, 0.6) is 5.75 Å². The fraction of sp³-hybridized carbons (Fsp3) is 0.320. The summed E-state index contributed by atoms with van der Waals surface area (Å²) in [5.74, 6) is -0.0215. The molecule has 0 unspecified atom stereocenters. The molecule has 33 heavy (non-hydrogen) atoms. The van der Waals surface area contributed by atoms with Crippen LogP contribution in [-0.2, 0) is 30.7 Å². The van der Waals surface area contributed by atoms with Crippen LogP contribution < -0.4 is 15.6 Å². The van der Waals surface area contributed by atoms with Gasteiger partial charge in [-0.05, 0) is 34.9 Å². The number of hydrogen-bond donors (Lipinski definition) is 1. The van der Waals surface area contributed by atoms with Crippen molar-refractivity contribution < 1.29 is 14.3 Å². The van der Waals surface area contributed by atoms with Crippen LogP contribution in [0, 0.1) is 6.92 Å². The zero-order valence-electron chi connectivity index (χ0n) is 18.8. The fourth-order valence-electron chi connectivity index (χ4n) is 4.18. The number of carbonyl (C=O) groups is 2. The Morgan fingerprint density at radius 3 is 2.70 bits per heavy atom. The van der Waals surface area contributed by atoms with Crippen molar-refractivity contribution in [3.8, 4) is 5.75 Å². The van der Waals surface area contributed by atoms with Gasteiger partial charge in [0.15, 0.2) is 0 Å². The molecule has 0 bridgehead atoms. The van der Waals surface area contributed by atoms with E-state index in [-0.39, 0.29) is 23.1 Å². The first-order valence-electron chi connectivity index (χ1n) is 10.9. The standard InChI is InChI=1S/C25H27N3O4S/c1-17-4-3-5-18(12-17)13-22(29)27-8-6-20-24(25(31)26-15-19-7-11-33-16-19)21(32-2)14-23(30)28(20)10-9-27/h3-5,7,11-12,14,16H,6,8-10,13,15H2,1-2H3,(H,26,31). The number of aromatic nitrogens is 1. The number of methoxy groups -OCH3 is 1. The number of pyridine rings is 1. The SMILES string of the molecule is COc1cc(=O)n2c(c1C(=O)NCc1ccsc1)CCN(C(=O)Cc1cccc(C)c1)CC2. The smallest absolute Gasteiger partial charge is 0.257 e. The number of hydrogen-bond acceptors (Lipinski definition) is 5. The minimum absolute atomic E-state index is 0.0110. The van der Waals surface area contributed by atoms with E-state index in [4.69, 9.17) is 4.74 Å². The van der Waals surface area contributed by atoms with Crippen LogP contribution in [0.1, 0.15) is 32.7 Å². The highest BCUT2D eigenvalue weighted by Gasteiger charge is 2.26. The van der Waals surface area contributed by atoms with Gasteiger partial charge in [-0.3, -0.25) is 14.4 Å². The molecule has 0 radical (unpaired) electrons. The predicted molar refractivity (Wildman–Crippen MR) is 128 cm³/mol. The van der Waals surface area contributed by atoms with Crippen molar-refractivity contribution in [1.82, 2.24) is 14.8 Å². The summed E-state index contributed by atoms with van der Waals surface area (Å²) in [4.78, 5) is 40.6. The van der Waals surface area contributed by atoms with Gasteiger partial charge < -0.3 is 19.5 Å². The second-order valence-corrected chi connectivity index (χ2v) is 8.92. The zero-order valence-corrected chi connectivity index (χ0v) is 19.6. The third kappa shape index (κ3) is 5.17. The van der Waals surface area contributed by atoms with Crippen molar-refractivity contribution in [2.45, 2.75) is 32.9 Å². The lowest BCUT2D eigenvalue weighted by Crippen LogP contribution is -2.35. The molecule has 1 aromatic carbocycles. The predicted octanol–water partition coefficient (Wildman–Crippen LogP) is 2.78. The first kappa shape index (κ1) is 22.8. The third-order valence-corrected chi connectivity index (χ3v) is 6.60. The van der Waals surface area contributed by atoms with E-state index < -0.39 is 0 Å². The van der Waals surface area contributed by atoms with E-state index >= 15 is 0 Å². The van der Waals surface area contributed by atoms with E-state index in [9.17, 15) is 14.4 Å². The van der Waals surface area contributed by atoms with Gasteiger partial charge in [0.1, 0.15) is 11.3 Å².